The van der Waals surface area contributed by atoms with Crippen molar-refractivity contribution in [3.05, 3.63) is 88.7 Å². The molecule has 0 saturated carbocycles. The Labute approximate surface area is 214 Å². The Kier molecular flexibility index (Phi) is 5.25. The van der Waals surface area contributed by atoms with Gasteiger partial charge in [-0.2, -0.15) is 0 Å². The van der Waals surface area contributed by atoms with Gasteiger partial charge in [-0.3, -0.25) is 4.90 Å². The molecule has 0 radical (unpaired) electrons. The van der Waals surface area contributed by atoms with E-state index < -0.39 is 0 Å². The molecule has 0 spiro atoms. The summed E-state index contributed by atoms with van der Waals surface area (Å²) in [6, 6.07) is 23.4. The van der Waals surface area contributed by atoms with Crippen molar-refractivity contribution in [2.24, 2.45) is 16.8 Å². The molecule has 176 valence electrons. The van der Waals surface area contributed by atoms with Gasteiger partial charge in [0.25, 0.3) is 0 Å². The molecule has 2 atom stereocenters. The van der Waals surface area contributed by atoms with Crippen LogP contribution in [0.1, 0.15) is 17.7 Å². The molecule has 3 aliphatic heterocycles. The fourth-order valence-corrected chi connectivity index (χ4v) is 6.44. The van der Waals surface area contributed by atoms with Crippen LogP contribution in [0.15, 0.2) is 82.4 Å². The molecule has 3 aliphatic rings. The van der Waals surface area contributed by atoms with Gasteiger partial charge in [-0.1, -0.05) is 52.3 Å². The Morgan fingerprint density at radius 3 is 2.43 bits per heavy atom. The average Bonchev–Trinajstić information content (AvgIpc) is 3.56. The maximum absolute atomic E-state index is 5.03. The van der Waals surface area contributed by atoms with Crippen LogP contribution in [0.25, 0.3) is 16.9 Å². The van der Waals surface area contributed by atoms with Crippen LogP contribution in [0, 0.1) is 11.8 Å². The molecule has 2 unspecified atom stereocenters. The summed E-state index contributed by atoms with van der Waals surface area (Å²) in [4.78, 5) is 15.3. The number of benzene rings is 2. The van der Waals surface area contributed by atoms with Crippen LogP contribution < -0.4 is 0 Å². The number of imidazole rings is 1. The summed E-state index contributed by atoms with van der Waals surface area (Å²) in [5, 5.41) is 0. The number of hydrogen-bond acceptors (Lipinski definition) is 4. The minimum absolute atomic E-state index is 0.713. The molecule has 2 aromatic heterocycles. The average molecular weight is 526 g/mol. The zero-order valence-corrected chi connectivity index (χ0v) is 21.2. The molecule has 2 aromatic carbocycles. The predicted octanol–water partition coefficient (Wildman–Crippen LogP) is 5.80. The number of nitrogens with zero attached hydrogens (tertiary/aromatic N) is 5. The van der Waals surface area contributed by atoms with E-state index in [0.717, 1.165) is 61.4 Å². The summed E-state index contributed by atoms with van der Waals surface area (Å²) in [6.45, 7) is 5.48. The molecule has 0 N–H and O–H groups in total. The number of aryl methyl sites for hydroxylation is 1. The molecule has 7 rings (SSSR count). The number of halogens is 1. The predicted molar refractivity (Wildman–Crippen MR) is 144 cm³/mol. The first-order valence-corrected chi connectivity index (χ1v) is 13.4. The lowest BCUT2D eigenvalue weighted by atomic mass is 10.0. The van der Waals surface area contributed by atoms with Crippen molar-refractivity contribution in [2.75, 3.05) is 26.2 Å². The second kappa shape index (κ2) is 8.61. The third-order valence-corrected chi connectivity index (χ3v) is 8.43. The van der Waals surface area contributed by atoms with E-state index in [9.17, 15) is 0 Å². The largest absolute Gasteiger partial charge is 0.359 e. The number of amidine groups is 1. The lowest BCUT2D eigenvalue weighted by Crippen LogP contribution is -2.34. The van der Waals surface area contributed by atoms with Crippen LogP contribution in [-0.4, -0.2) is 51.2 Å². The van der Waals surface area contributed by atoms with E-state index >= 15 is 0 Å². The molecule has 6 heteroatoms. The van der Waals surface area contributed by atoms with Crippen LogP contribution in [0.4, 0.5) is 5.69 Å². The van der Waals surface area contributed by atoms with Crippen molar-refractivity contribution >= 4 is 33.1 Å². The molecule has 5 nitrogen and oxygen atoms in total. The van der Waals surface area contributed by atoms with Gasteiger partial charge in [-0.15, -0.1) is 0 Å². The summed E-state index contributed by atoms with van der Waals surface area (Å²) in [7, 11) is 0. The number of para-hydroxylation sites is 1. The van der Waals surface area contributed by atoms with E-state index in [4.69, 9.17) is 9.98 Å². The molecule has 5 heterocycles. The highest BCUT2D eigenvalue weighted by atomic mass is 79.9. The van der Waals surface area contributed by atoms with Gasteiger partial charge in [0.2, 0.25) is 0 Å². The van der Waals surface area contributed by atoms with Crippen LogP contribution in [-0.2, 0) is 13.0 Å². The maximum Gasteiger partial charge on any atom is 0.137 e. The maximum atomic E-state index is 5.03. The van der Waals surface area contributed by atoms with Gasteiger partial charge in [0.05, 0.1) is 17.1 Å². The van der Waals surface area contributed by atoms with E-state index in [-0.39, 0.29) is 0 Å². The van der Waals surface area contributed by atoms with E-state index in [2.05, 4.69) is 103 Å². The highest BCUT2D eigenvalue weighted by molar-refractivity contribution is 9.10. The lowest BCUT2D eigenvalue weighted by molar-refractivity contribution is 0.284. The lowest BCUT2D eigenvalue weighted by Gasteiger charge is -2.27. The van der Waals surface area contributed by atoms with E-state index in [1.54, 1.807) is 0 Å². The third-order valence-electron chi connectivity index (χ3n) is 7.91. The van der Waals surface area contributed by atoms with Crippen molar-refractivity contribution in [2.45, 2.75) is 19.4 Å². The number of likely N-dealkylation sites (tertiary alicyclic amines) is 2. The molecule has 2 fully saturated rings. The van der Waals surface area contributed by atoms with Crippen LogP contribution in [0.2, 0.25) is 0 Å². The molecule has 0 bridgehead atoms. The molecular weight excluding hydrogens is 498 g/mol. The fourth-order valence-electron chi connectivity index (χ4n) is 6.18. The fraction of sp³-hybridized carbons (Fsp3) is 0.310. The van der Waals surface area contributed by atoms with Gasteiger partial charge in [0, 0.05) is 55.4 Å². The molecular formula is C29H28BrN5. The van der Waals surface area contributed by atoms with Crippen LogP contribution in [0.5, 0.6) is 0 Å². The summed E-state index contributed by atoms with van der Waals surface area (Å²) < 4.78 is 3.36. The standard InChI is InChI=1S/C29H28BrN5/c30-24-11-8-21(9-12-24)29-26(35-14-4-3-7-28(35)32-29)19-33-15-22-17-34(18-23(22)16-33)27-13-10-20-5-1-2-6-25(20)31-27/h1-9,11-12,14,22-23H,10,13,15-19H2. The number of pyridine rings is 1. The van der Waals surface area contributed by atoms with E-state index in [0.29, 0.717) is 11.8 Å². The molecule has 0 amide bonds. The Bertz CT molecular complexity index is 1410. The highest BCUT2D eigenvalue weighted by Gasteiger charge is 2.41. The summed E-state index contributed by atoms with van der Waals surface area (Å²) in [5.41, 5.74) is 7.12. The summed E-state index contributed by atoms with van der Waals surface area (Å²) >= 11 is 3.56. The molecule has 35 heavy (non-hydrogen) atoms. The Hall–Kier alpha value is -2.96. The number of rotatable bonds is 3. The van der Waals surface area contributed by atoms with Crippen LogP contribution >= 0.6 is 15.9 Å². The Morgan fingerprint density at radius 2 is 1.60 bits per heavy atom. The normalized spacial score (nSPS) is 21.9. The Balaban J connectivity index is 1.10. The zero-order valence-electron chi connectivity index (χ0n) is 19.6. The van der Waals surface area contributed by atoms with Crippen molar-refractivity contribution in [1.82, 2.24) is 19.2 Å². The van der Waals surface area contributed by atoms with E-state index in [1.807, 2.05) is 0 Å². The second-order valence-corrected chi connectivity index (χ2v) is 11.0. The monoisotopic (exact) mass is 525 g/mol. The third kappa shape index (κ3) is 3.89. The van der Waals surface area contributed by atoms with Crippen LogP contribution in [0.3, 0.4) is 0 Å². The van der Waals surface area contributed by atoms with E-state index in [1.165, 1.54) is 28.3 Å². The van der Waals surface area contributed by atoms with Gasteiger partial charge >= 0.3 is 0 Å². The number of fused-ring (bicyclic) bond motifs is 3. The first kappa shape index (κ1) is 21.3. The van der Waals surface area contributed by atoms with Crippen molar-refractivity contribution in [1.29, 1.82) is 0 Å². The van der Waals surface area contributed by atoms with Gasteiger partial charge in [-0.25, -0.2) is 9.98 Å². The highest BCUT2D eigenvalue weighted by Crippen LogP contribution is 2.36. The second-order valence-electron chi connectivity index (χ2n) is 10.1. The molecule has 4 aromatic rings. The van der Waals surface area contributed by atoms with Crippen molar-refractivity contribution in [3.8, 4) is 11.3 Å². The van der Waals surface area contributed by atoms with Crippen molar-refractivity contribution in [3.63, 3.8) is 0 Å². The smallest absolute Gasteiger partial charge is 0.137 e. The Morgan fingerprint density at radius 1 is 0.829 bits per heavy atom. The van der Waals surface area contributed by atoms with Gasteiger partial charge < -0.3 is 9.30 Å². The van der Waals surface area contributed by atoms with Gasteiger partial charge in [0.1, 0.15) is 11.5 Å². The van der Waals surface area contributed by atoms with Gasteiger partial charge in [-0.05, 0) is 54.2 Å². The quantitative estimate of drug-likeness (QED) is 0.339. The SMILES string of the molecule is Brc1ccc(-c2nc3ccccn3c2CN2CC3CN(C4=Nc5ccccc5CC4)CC3C2)cc1. The topological polar surface area (TPSA) is 36.1 Å². The minimum atomic E-state index is 0.713. The number of aliphatic imine (C=N–C) groups is 1. The molecule has 2 saturated heterocycles. The first-order chi connectivity index (χ1) is 17.2. The molecule has 0 aliphatic carbocycles. The van der Waals surface area contributed by atoms with Gasteiger partial charge in [0.15, 0.2) is 0 Å². The summed E-state index contributed by atoms with van der Waals surface area (Å²) in [6.07, 6.45) is 4.33. The number of hydrogen-bond donors (Lipinski definition) is 0. The first-order valence-electron chi connectivity index (χ1n) is 12.6. The van der Waals surface area contributed by atoms with Crippen molar-refractivity contribution < 1.29 is 0 Å². The number of aromatic nitrogens is 2. The minimum Gasteiger partial charge on any atom is -0.359 e. The zero-order chi connectivity index (χ0) is 23.4. The summed E-state index contributed by atoms with van der Waals surface area (Å²) in [5.74, 6) is 2.72.